The molecule has 2 amide bonds. The van der Waals surface area contributed by atoms with Gasteiger partial charge in [0.25, 0.3) is 0 Å². The number of H-pyrrole nitrogens is 1. The summed E-state index contributed by atoms with van der Waals surface area (Å²) in [5.41, 5.74) is 0.590. The molecule has 2 atom stereocenters. The number of aromatic nitrogens is 2. The molecule has 150 valence electrons. The zero-order valence-electron chi connectivity index (χ0n) is 15.1. The topological polar surface area (TPSA) is 127 Å². The van der Waals surface area contributed by atoms with E-state index in [2.05, 4.69) is 20.6 Å². The first-order chi connectivity index (χ1) is 13.0. The van der Waals surface area contributed by atoms with Crippen LogP contribution in [0, 0.1) is 0 Å². The summed E-state index contributed by atoms with van der Waals surface area (Å²) in [6.07, 6.45) is 7.75. The third-order valence-corrected chi connectivity index (χ3v) is 7.19. The Bertz CT molecular complexity index is 606. The summed E-state index contributed by atoms with van der Waals surface area (Å²) in [4.78, 5) is 41.4. The Morgan fingerprint density at radius 3 is 2.81 bits per heavy atom. The zero-order chi connectivity index (χ0) is 19.5. The highest BCUT2D eigenvalue weighted by Crippen LogP contribution is 2.39. The lowest BCUT2D eigenvalue weighted by Crippen LogP contribution is -2.49. The van der Waals surface area contributed by atoms with E-state index in [1.807, 2.05) is 21.6 Å². The molecule has 1 aliphatic rings. The van der Waals surface area contributed by atoms with Crippen LogP contribution in [0.3, 0.4) is 0 Å². The van der Waals surface area contributed by atoms with E-state index in [4.69, 9.17) is 0 Å². The molecule has 1 aliphatic heterocycles. The van der Waals surface area contributed by atoms with E-state index >= 15 is 0 Å². The van der Waals surface area contributed by atoms with Crippen LogP contribution < -0.4 is 15.7 Å². The number of rotatable bonds is 12. The van der Waals surface area contributed by atoms with Crippen LogP contribution in [0.5, 0.6) is 0 Å². The maximum absolute atomic E-state index is 11.9. The molecule has 27 heavy (non-hydrogen) atoms. The van der Waals surface area contributed by atoms with Crippen LogP contribution in [0.15, 0.2) is 12.5 Å². The standard InChI is InChI=1S/C17H26N4O4S2/c22-15(4-2-1-3-13-6-8-26-27-13)19-7-5-16(23)21-14(17(24)25)9-12-10-18-11-20-12/h10-11,13-14H,1-9H2,(H,18,20)(H,19,22)(H,21,23)(H,24,25)/p-1. The minimum atomic E-state index is -1.36. The van der Waals surface area contributed by atoms with Gasteiger partial charge in [-0.3, -0.25) is 9.59 Å². The van der Waals surface area contributed by atoms with Crippen molar-refractivity contribution in [2.24, 2.45) is 0 Å². The van der Waals surface area contributed by atoms with E-state index < -0.39 is 17.9 Å². The van der Waals surface area contributed by atoms with Crippen LogP contribution in [-0.2, 0) is 20.8 Å². The number of hydrogen-bond donors (Lipinski definition) is 3. The molecule has 0 aliphatic carbocycles. The van der Waals surface area contributed by atoms with Crippen LogP contribution >= 0.6 is 21.6 Å². The van der Waals surface area contributed by atoms with Crippen molar-refractivity contribution in [1.82, 2.24) is 20.6 Å². The number of amides is 2. The smallest absolute Gasteiger partial charge is 0.222 e. The predicted octanol–water partition coefficient (Wildman–Crippen LogP) is 0.407. The average molecular weight is 414 g/mol. The van der Waals surface area contributed by atoms with E-state index in [-0.39, 0.29) is 25.3 Å². The van der Waals surface area contributed by atoms with E-state index in [1.54, 1.807) is 0 Å². The summed E-state index contributed by atoms with van der Waals surface area (Å²) >= 11 is 0. The van der Waals surface area contributed by atoms with Gasteiger partial charge in [0.2, 0.25) is 11.8 Å². The summed E-state index contributed by atoms with van der Waals surface area (Å²) in [5, 5.41) is 17.0. The van der Waals surface area contributed by atoms with Gasteiger partial charge in [0.15, 0.2) is 0 Å². The van der Waals surface area contributed by atoms with Crippen LogP contribution in [0.4, 0.5) is 0 Å². The Morgan fingerprint density at radius 1 is 1.30 bits per heavy atom. The molecular formula is C17H25N4O4S2-. The molecule has 2 unspecified atom stereocenters. The Hall–Kier alpha value is -1.68. The fourth-order valence-corrected chi connectivity index (χ4v) is 5.73. The first-order valence-corrected chi connectivity index (χ1v) is 11.4. The van der Waals surface area contributed by atoms with Crippen LogP contribution in [0.1, 0.15) is 44.2 Å². The lowest BCUT2D eigenvalue weighted by atomic mass is 10.1. The normalized spacial score (nSPS) is 17.4. The van der Waals surface area contributed by atoms with Crippen molar-refractivity contribution < 1.29 is 19.5 Å². The van der Waals surface area contributed by atoms with Gasteiger partial charge < -0.3 is 25.5 Å². The highest BCUT2D eigenvalue weighted by molar-refractivity contribution is 8.77. The Balaban J connectivity index is 1.55. The van der Waals surface area contributed by atoms with Crippen molar-refractivity contribution in [2.75, 3.05) is 12.3 Å². The first-order valence-electron chi connectivity index (χ1n) is 9.07. The predicted molar refractivity (Wildman–Crippen MR) is 104 cm³/mol. The SMILES string of the molecule is O=C(CCCCC1CCSS1)NCCC(=O)NC(Cc1cnc[nH]1)C(=O)[O-]. The molecule has 0 spiro atoms. The van der Waals surface area contributed by atoms with E-state index in [1.165, 1.54) is 24.7 Å². The number of aromatic amines is 1. The van der Waals surface area contributed by atoms with Gasteiger partial charge in [-0.15, -0.1) is 0 Å². The van der Waals surface area contributed by atoms with Gasteiger partial charge in [0.1, 0.15) is 0 Å². The fraction of sp³-hybridized carbons (Fsp3) is 0.647. The van der Waals surface area contributed by atoms with Crippen LogP contribution in [-0.4, -0.2) is 51.3 Å². The second kappa shape index (κ2) is 11.9. The molecule has 3 N–H and O–H groups in total. The minimum absolute atomic E-state index is 0.0223. The quantitative estimate of drug-likeness (QED) is 0.334. The van der Waals surface area contributed by atoms with Crippen molar-refractivity contribution in [3.8, 4) is 0 Å². The number of nitrogens with zero attached hydrogens (tertiary/aromatic N) is 1. The molecule has 8 nitrogen and oxygen atoms in total. The molecule has 0 saturated carbocycles. The van der Waals surface area contributed by atoms with Gasteiger partial charge in [-0.2, -0.15) is 0 Å². The van der Waals surface area contributed by atoms with Gasteiger partial charge in [0.05, 0.1) is 18.3 Å². The molecule has 1 aromatic rings. The highest BCUT2D eigenvalue weighted by atomic mass is 33.1. The molecule has 2 rings (SSSR count). The number of imidazole rings is 1. The summed E-state index contributed by atoms with van der Waals surface area (Å²) < 4.78 is 0. The van der Waals surface area contributed by atoms with Gasteiger partial charge in [-0.1, -0.05) is 28.0 Å². The van der Waals surface area contributed by atoms with Crippen molar-refractivity contribution in [1.29, 1.82) is 0 Å². The van der Waals surface area contributed by atoms with E-state index in [0.29, 0.717) is 12.1 Å². The summed E-state index contributed by atoms with van der Waals surface area (Å²) in [5.74, 6) is -0.663. The third-order valence-electron chi connectivity index (χ3n) is 4.18. The van der Waals surface area contributed by atoms with Gasteiger partial charge in [0, 0.05) is 48.7 Å². The number of carboxylic acids is 1. The molecule has 0 aromatic carbocycles. The number of aliphatic carboxylic acids is 1. The maximum Gasteiger partial charge on any atom is 0.222 e. The average Bonchev–Trinajstić information content (AvgIpc) is 3.32. The Kier molecular flexibility index (Phi) is 9.54. The second-order valence-corrected chi connectivity index (χ2v) is 9.18. The lowest BCUT2D eigenvalue weighted by Gasteiger charge is -2.19. The fourth-order valence-electron chi connectivity index (χ4n) is 2.70. The molecule has 1 saturated heterocycles. The number of carboxylic acid groups (broad SMARTS) is 1. The lowest BCUT2D eigenvalue weighted by molar-refractivity contribution is -0.308. The number of carbonyl (C=O) groups excluding carboxylic acids is 3. The molecule has 0 bridgehead atoms. The molecule has 10 heteroatoms. The monoisotopic (exact) mass is 413 g/mol. The van der Waals surface area contributed by atoms with Crippen molar-refractivity contribution in [2.45, 2.75) is 56.2 Å². The Morgan fingerprint density at radius 2 is 2.15 bits per heavy atom. The van der Waals surface area contributed by atoms with Crippen molar-refractivity contribution in [3.05, 3.63) is 18.2 Å². The summed E-state index contributed by atoms with van der Waals surface area (Å²) in [6.45, 7) is 0.184. The first kappa shape index (κ1) is 21.6. The Labute approximate surface area is 166 Å². The van der Waals surface area contributed by atoms with Crippen molar-refractivity contribution >= 4 is 39.4 Å². The van der Waals surface area contributed by atoms with Gasteiger partial charge >= 0.3 is 0 Å². The molecular weight excluding hydrogens is 388 g/mol. The maximum atomic E-state index is 11.9. The second-order valence-electron chi connectivity index (χ2n) is 6.39. The third kappa shape index (κ3) is 8.70. The number of hydrogen-bond acceptors (Lipinski definition) is 7. The zero-order valence-corrected chi connectivity index (χ0v) is 16.7. The molecule has 2 heterocycles. The van der Waals surface area contributed by atoms with E-state index in [0.717, 1.165) is 24.5 Å². The van der Waals surface area contributed by atoms with E-state index in [9.17, 15) is 19.5 Å². The minimum Gasteiger partial charge on any atom is -0.548 e. The summed E-state index contributed by atoms with van der Waals surface area (Å²) in [6, 6.07) is -1.14. The molecule has 1 fully saturated rings. The van der Waals surface area contributed by atoms with Gasteiger partial charge in [-0.05, 0) is 19.3 Å². The van der Waals surface area contributed by atoms with Crippen LogP contribution in [0.25, 0.3) is 0 Å². The van der Waals surface area contributed by atoms with Gasteiger partial charge in [-0.25, -0.2) is 4.98 Å². The van der Waals surface area contributed by atoms with Crippen LogP contribution in [0.2, 0.25) is 0 Å². The molecule has 0 radical (unpaired) electrons. The number of carbonyl (C=O) groups is 3. The largest absolute Gasteiger partial charge is 0.548 e. The number of nitrogens with one attached hydrogen (secondary N) is 3. The number of unbranched alkanes of at least 4 members (excludes halogenated alkanes) is 1. The summed E-state index contributed by atoms with van der Waals surface area (Å²) in [7, 11) is 3.87. The van der Waals surface area contributed by atoms with Crippen molar-refractivity contribution in [3.63, 3.8) is 0 Å². The highest BCUT2D eigenvalue weighted by Gasteiger charge is 2.16. The molecule has 1 aromatic heterocycles.